The fraction of sp³-hybridized carbons (Fsp3) is 0.250. The van der Waals surface area contributed by atoms with Crippen LogP contribution in [-0.4, -0.2) is 6.54 Å². The van der Waals surface area contributed by atoms with E-state index < -0.39 is 11.7 Å². The van der Waals surface area contributed by atoms with Crippen molar-refractivity contribution in [3.05, 3.63) is 59.7 Å². The van der Waals surface area contributed by atoms with Gasteiger partial charge in [0.1, 0.15) is 0 Å². The maximum Gasteiger partial charge on any atom is 0.416 e. The van der Waals surface area contributed by atoms with Crippen molar-refractivity contribution in [1.82, 2.24) is 5.32 Å². The molecule has 0 radical (unpaired) electrons. The largest absolute Gasteiger partial charge is 0.416 e. The Hall–Kier alpha value is -1.81. The molecule has 1 N–H and O–H groups in total. The number of benzene rings is 2. The Labute approximate surface area is 116 Å². The molecule has 0 saturated heterocycles. The molecule has 106 valence electrons. The first-order chi connectivity index (χ1) is 9.52. The van der Waals surface area contributed by atoms with Crippen LogP contribution >= 0.6 is 0 Å². The molecule has 2 aromatic rings. The van der Waals surface area contributed by atoms with E-state index in [-0.39, 0.29) is 0 Å². The minimum atomic E-state index is -4.29. The van der Waals surface area contributed by atoms with E-state index in [4.69, 9.17) is 0 Å². The molecule has 0 aliphatic heterocycles. The van der Waals surface area contributed by atoms with Gasteiger partial charge < -0.3 is 5.32 Å². The molecule has 4 heteroatoms. The first-order valence-corrected chi connectivity index (χ1v) is 6.48. The van der Waals surface area contributed by atoms with Crippen LogP contribution in [0.1, 0.15) is 18.1 Å². The van der Waals surface area contributed by atoms with E-state index in [9.17, 15) is 13.2 Å². The van der Waals surface area contributed by atoms with Crippen molar-refractivity contribution in [2.45, 2.75) is 19.6 Å². The summed E-state index contributed by atoms with van der Waals surface area (Å²) >= 11 is 0. The highest BCUT2D eigenvalue weighted by Crippen LogP contribution is 2.31. The molecule has 0 aromatic heterocycles. The molecular formula is C16H16F3N. The van der Waals surface area contributed by atoms with Crippen LogP contribution in [0.4, 0.5) is 13.2 Å². The number of nitrogens with one attached hydrogen (secondary N) is 1. The summed E-state index contributed by atoms with van der Waals surface area (Å²) in [5, 5.41) is 3.23. The first-order valence-electron chi connectivity index (χ1n) is 6.48. The van der Waals surface area contributed by atoms with Crippen LogP contribution in [0, 0.1) is 0 Å². The third-order valence-corrected chi connectivity index (χ3v) is 3.11. The van der Waals surface area contributed by atoms with Crippen molar-refractivity contribution in [3.63, 3.8) is 0 Å². The van der Waals surface area contributed by atoms with Crippen molar-refractivity contribution in [1.29, 1.82) is 0 Å². The van der Waals surface area contributed by atoms with Gasteiger partial charge in [-0.1, -0.05) is 43.3 Å². The van der Waals surface area contributed by atoms with Crippen molar-refractivity contribution >= 4 is 0 Å². The van der Waals surface area contributed by atoms with Gasteiger partial charge in [-0.3, -0.25) is 0 Å². The molecule has 0 fully saturated rings. The molecule has 0 unspecified atom stereocenters. The fourth-order valence-corrected chi connectivity index (χ4v) is 2.05. The Morgan fingerprint density at radius 3 is 2.20 bits per heavy atom. The Morgan fingerprint density at radius 1 is 0.950 bits per heavy atom. The third kappa shape index (κ3) is 3.39. The fourth-order valence-electron chi connectivity index (χ4n) is 2.05. The van der Waals surface area contributed by atoms with Gasteiger partial charge in [-0.2, -0.15) is 13.2 Å². The van der Waals surface area contributed by atoms with Crippen LogP contribution < -0.4 is 5.32 Å². The van der Waals surface area contributed by atoms with Crippen LogP contribution in [-0.2, 0) is 12.7 Å². The molecule has 0 aliphatic rings. The van der Waals surface area contributed by atoms with Gasteiger partial charge in [-0.25, -0.2) is 0 Å². The highest BCUT2D eigenvalue weighted by Gasteiger charge is 2.29. The van der Waals surface area contributed by atoms with Crippen LogP contribution in [0.25, 0.3) is 11.1 Å². The topological polar surface area (TPSA) is 12.0 Å². The smallest absolute Gasteiger partial charge is 0.313 e. The first kappa shape index (κ1) is 14.6. The number of hydrogen-bond donors (Lipinski definition) is 1. The normalized spacial score (nSPS) is 11.6. The maximum absolute atomic E-state index is 12.6. The predicted molar refractivity (Wildman–Crippen MR) is 74.3 cm³/mol. The van der Waals surface area contributed by atoms with Crippen molar-refractivity contribution < 1.29 is 13.2 Å². The Morgan fingerprint density at radius 2 is 1.60 bits per heavy atom. The monoisotopic (exact) mass is 279 g/mol. The quantitative estimate of drug-likeness (QED) is 0.870. The Balaban J connectivity index is 2.32. The average molecular weight is 279 g/mol. The minimum Gasteiger partial charge on any atom is -0.313 e. The standard InChI is InChI=1S/C16H16F3N/c1-2-20-11-13-5-3-4-6-15(13)12-7-9-14(10-8-12)16(17,18)19/h3-10,20H,2,11H2,1H3. The number of alkyl halides is 3. The van der Waals surface area contributed by atoms with E-state index >= 15 is 0 Å². The summed E-state index contributed by atoms with van der Waals surface area (Å²) in [6.07, 6.45) is -4.29. The molecule has 20 heavy (non-hydrogen) atoms. The van der Waals surface area contributed by atoms with Gasteiger partial charge in [0.25, 0.3) is 0 Å². The molecule has 0 aliphatic carbocycles. The summed E-state index contributed by atoms with van der Waals surface area (Å²) in [6.45, 7) is 3.57. The lowest BCUT2D eigenvalue weighted by Crippen LogP contribution is -2.12. The van der Waals surface area contributed by atoms with Crippen molar-refractivity contribution in [2.24, 2.45) is 0 Å². The van der Waals surface area contributed by atoms with Gasteiger partial charge in [-0.05, 0) is 35.4 Å². The second kappa shape index (κ2) is 6.09. The zero-order valence-electron chi connectivity index (χ0n) is 11.2. The van der Waals surface area contributed by atoms with Crippen LogP contribution in [0.3, 0.4) is 0 Å². The number of hydrogen-bond acceptors (Lipinski definition) is 1. The maximum atomic E-state index is 12.6. The van der Waals surface area contributed by atoms with E-state index in [0.29, 0.717) is 6.54 Å². The number of halogens is 3. The van der Waals surface area contributed by atoms with Crippen LogP contribution in [0.5, 0.6) is 0 Å². The van der Waals surface area contributed by atoms with Crippen LogP contribution in [0.15, 0.2) is 48.5 Å². The highest BCUT2D eigenvalue weighted by atomic mass is 19.4. The predicted octanol–water partition coefficient (Wildman–Crippen LogP) is 4.48. The molecule has 2 aromatic carbocycles. The molecule has 2 rings (SSSR count). The summed E-state index contributed by atoms with van der Waals surface area (Å²) in [6, 6.07) is 13.0. The van der Waals surface area contributed by atoms with Gasteiger partial charge >= 0.3 is 6.18 Å². The van der Waals surface area contributed by atoms with Crippen molar-refractivity contribution in [3.8, 4) is 11.1 Å². The molecule has 0 heterocycles. The molecule has 0 amide bonds. The summed E-state index contributed by atoms with van der Waals surface area (Å²) < 4.78 is 37.7. The van der Waals surface area contributed by atoms with E-state index in [1.54, 1.807) is 0 Å². The molecule has 0 atom stereocenters. The molecule has 0 bridgehead atoms. The minimum absolute atomic E-state index is 0.620. The zero-order valence-corrected chi connectivity index (χ0v) is 11.2. The molecule has 0 spiro atoms. The average Bonchev–Trinajstić information content (AvgIpc) is 2.45. The molecule has 0 saturated carbocycles. The van der Waals surface area contributed by atoms with Crippen LogP contribution in [0.2, 0.25) is 0 Å². The van der Waals surface area contributed by atoms with Gasteiger partial charge in [0, 0.05) is 6.54 Å². The second-order valence-electron chi connectivity index (χ2n) is 4.51. The SMILES string of the molecule is CCNCc1ccccc1-c1ccc(C(F)(F)F)cc1. The summed E-state index contributed by atoms with van der Waals surface area (Å²) in [5.74, 6) is 0. The summed E-state index contributed by atoms with van der Waals surface area (Å²) in [7, 11) is 0. The summed E-state index contributed by atoms with van der Waals surface area (Å²) in [4.78, 5) is 0. The van der Waals surface area contributed by atoms with E-state index in [1.807, 2.05) is 31.2 Å². The van der Waals surface area contributed by atoms with Gasteiger partial charge in [-0.15, -0.1) is 0 Å². The van der Waals surface area contributed by atoms with Gasteiger partial charge in [0.2, 0.25) is 0 Å². The lowest BCUT2D eigenvalue weighted by molar-refractivity contribution is -0.137. The van der Waals surface area contributed by atoms with E-state index in [0.717, 1.165) is 35.4 Å². The zero-order chi connectivity index (χ0) is 14.6. The Bertz CT molecular complexity index is 559. The van der Waals surface area contributed by atoms with Gasteiger partial charge in [0.15, 0.2) is 0 Å². The summed E-state index contributed by atoms with van der Waals surface area (Å²) in [5.41, 5.74) is 2.22. The lowest BCUT2D eigenvalue weighted by atomic mass is 9.98. The van der Waals surface area contributed by atoms with E-state index in [2.05, 4.69) is 5.32 Å². The van der Waals surface area contributed by atoms with E-state index in [1.165, 1.54) is 12.1 Å². The molecule has 1 nitrogen and oxygen atoms in total. The third-order valence-electron chi connectivity index (χ3n) is 3.11. The van der Waals surface area contributed by atoms with Gasteiger partial charge in [0.05, 0.1) is 5.56 Å². The second-order valence-corrected chi connectivity index (χ2v) is 4.51. The lowest BCUT2D eigenvalue weighted by Gasteiger charge is -2.11. The number of rotatable bonds is 4. The molecular weight excluding hydrogens is 263 g/mol. The Kier molecular flexibility index (Phi) is 4.45. The highest BCUT2D eigenvalue weighted by molar-refractivity contribution is 5.67. The van der Waals surface area contributed by atoms with Crippen molar-refractivity contribution in [2.75, 3.05) is 6.54 Å².